The standard InChI is InChI=1S/C15H17NO5/c1-15(2,3)21-14(19)16-8-9-20-10-11-6-4-5-7-12(11)13(17)18/h4-7H,10H2,1-3H3,(H,16,19)(H,17,18). The minimum Gasteiger partial charge on any atom is -0.478 e. The first-order chi connectivity index (χ1) is 9.79. The maximum Gasteiger partial charge on any atom is 0.419 e. The van der Waals surface area contributed by atoms with Crippen molar-refractivity contribution in [3.05, 3.63) is 35.4 Å². The first-order valence-corrected chi connectivity index (χ1v) is 6.21. The molecule has 0 saturated carbocycles. The maximum absolute atomic E-state index is 11.3. The lowest BCUT2D eigenvalue weighted by Crippen LogP contribution is -2.29. The first-order valence-electron chi connectivity index (χ1n) is 6.21. The average molecular weight is 291 g/mol. The number of aromatic carboxylic acids is 1. The van der Waals surface area contributed by atoms with Gasteiger partial charge in [0.2, 0.25) is 0 Å². The third-order valence-corrected chi connectivity index (χ3v) is 2.16. The van der Waals surface area contributed by atoms with E-state index in [9.17, 15) is 9.59 Å². The number of carbonyl (C=O) groups is 2. The van der Waals surface area contributed by atoms with Gasteiger partial charge in [-0.15, -0.1) is 0 Å². The molecule has 1 aromatic rings. The molecule has 0 bridgehead atoms. The van der Waals surface area contributed by atoms with E-state index in [2.05, 4.69) is 17.5 Å². The van der Waals surface area contributed by atoms with Gasteiger partial charge in [0.25, 0.3) is 0 Å². The van der Waals surface area contributed by atoms with Crippen molar-refractivity contribution in [1.82, 2.24) is 5.32 Å². The summed E-state index contributed by atoms with van der Waals surface area (Å²) < 4.78 is 9.96. The van der Waals surface area contributed by atoms with Gasteiger partial charge >= 0.3 is 12.1 Å². The Labute approximate surface area is 123 Å². The fraction of sp³-hybridized carbons (Fsp3) is 0.333. The van der Waals surface area contributed by atoms with Crippen LogP contribution in [0.2, 0.25) is 0 Å². The number of hydrogen-bond donors (Lipinski definition) is 2. The van der Waals surface area contributed by atoms with Crippen LogP contribution >= 0.6 is 0 Å². The van der Waals surface area contributed by atoms with Gasteiger partial charge in [-0.2, -0.15) is 0 Å². The quantitative estimate of drug-likeness (QED) is 0.659. The summed E-state index contributed by atoms with van der Waals surface area (Å²) in [5, 5.41) is 11.2. The topological polar surface area (TPSA) is 84.9 Å². The van der Waals surface area contributed by atoms with Crippen molar-refractivity contribution in [2.45, 2.75) is 33.0 Å². The van der Waals surface area contributed by atoms with Crippen LogP contribution < -0.4 is 5.32 Å². The zero-order valence-corrected chi connectivity index (χ0v) is 12.1. The summed E-state index contributed by atoms with van der Waals surface area (Å²) in [6, 6.07) is 8.73. The second-order valence-electron chi connectivity index (χ2n) is 5.10. The number of hydrogen-bond acceptors (Lipinski definition) is 4. The lowest BCUT2D eigenvalue weighted by molar-refractivity contribution is 0.0556. The van der Waals surface area contributed by atoms with E-state index < -0.39 is 17.7 Å². The highest BCUT2D eigenvalue weighted by Crippen LogP contribution is 2.09. The smallest absolute Gasteiger partial charge is 0.419 e. The summed E-state index contributed by atoms with van der Waals surface area (Å²) in [5.41, 5.74) is 0.0449. The molecule has 6 nitrogen and oxygen atoms in total. The third kappa shape index (κ3) is 6.34. The number of ether oxygens (including phenoxy) is 2. The van der Waals surface area contributed by atoms with Crippen LogP contribution in [0.4, 0.5) is 4.79 Å². The number of carbonyl (C=O) groups excluding carboxylic acids is 1. The van der Waals surface area contributed by atoms with Crippen LogP contribution in [-0.2, 0) is 16.1 Å². The largest absolute Gasteiger partial charge is 0.478 e. The molecular formula is C15H17NO5. The Morgan fingerprint density at radius 1 is 1.29 bits per heavy atom. The van der Waals surface area contributed by atoms with Gasteiger partial charge in [-0.05, 0) is 26.8 Å². The highest BCUT2D eigenvalue weighted by atomic mass is 16.6. The molecule has 0 aliphatic carbocycles. The molecule has 1 amide bonds. The van der Waals surface area contributed by atoms with Crippen LogP contribution in [0.15, 0.2) is 24.3 Å². The number of alkyl carbamates (subject to hydrolysis) is 1. The Hall–Kier alpha value is -2.68. The minimum atomic E-state index is -1.03. The van der Waals surface area contributed by atoms with Gasteiger partial charge in [-0.25, -0.2) is 14.9 Å². The molecule has 0 aliphatic rings. The van der Waals surface area contributed by atoms with E-state index in [1.807, 2.05) is 0 Å². The van der Waals surface area contributed by atoms with E-state index in [1.165, 1.54) is 6.07 Å². The molecule has 0 aliphatic heterocycles. The lowest BCUT2D eigenvalue weighted by atomic mass is 10.1. The molecule has 0 saturated heterocycles. The summed E-state index contributed by atoms with van der Waals surface area (Å²) in [6.45, 7) is 5.21. The van der Waals surface area contributed by atoms with Gasteiger partial charge in [0.05, 0.1) is 11.6 Å². The van der Waals surface area contributed by atoms with Crippen LogP contribution in [0.3, 0.4) is 0 Å². The van der Waals surface area contributed by atoms with Gasteiger partial charge in [0, 0.05) is 5.56 Å². The summed E-state index contributed by atoms with van der Waals surface area (Å²) in [5.74, 6) is -1.03. The number of carboxylic acid groups (broad SMARTS) is 1. The summed E-state index contributed by atoms with van der Waals surface area (Å²) >= 11 is 0. The Balaban J connectivity index is 2.47. The maximum atomic E-state index is 11.3. The molecule has 0 fully saturated rings. The van der Waals surface area contributed by atoms with Crippen molar-refractivity contribution >= 4 is 12.1 Å². The van der Waals surface area contributed by atoms with Crippen LogP contribution in [0.5, 0.6) is 0 Å². The number of nitrogens with one attached hydrogen (secondary N) is 1. The van der Waals surface area contributed by atoms with E-state index >= 15 is 0 Å². The van der Waals surface area contributed by atoms with E-state index in [0.29, 0.717) is 5.56 Å². The van der Waals surface area contributed by atoms with E-state index in [0.717, 1.165) is 0 Å². The van der Waals surface area contributed by atoms with E-state index in [-0.39, 0.29) is 12.2 Å². The highest BCUT2D eigenvalue weighted by molar-refractivity contribution is 5.89. The second kappa shape index (κ2) is 7.20. The van der Waals surface area contributed by atoms with Crippen LogP contribution in [-0.4, -0.2) is 22.8 Å². The molecule has 6 heteroatoms. The van der Waals surface area contributed by atoms with Crippen molar-refractivity contribution < 1.29 is 24.2 Å². The predicted molar refractivity (Wildman–Crippen MR) is 75.3 cm³/mol. The molecule has 0 radical (unpaired) electrons. The van der Waals surface area contributed by atoms with Crippen molar-refractivity contribution in [2.75, 3.05) is 0 Å². The summed E-state index contributed by atoms with van der Waals surface area (Å²) in [4.78, 5) is 22.2. The van der Waals surface area contributed by atoms with Crippen molar-refractivity contribution in [3.63, 3.8) is 0 Å². The van der Waals surface area contributed by atoms with Crippen molar-refractivity contribution in [3.8, 4) is 12.2 Å². The zero-order valence-electron chi connectivity index (χ0n) is 12.1. The lowest BCUT2D eigenvalue weighted by Gasteiger charge is -2.18. The summed E-state index contributed by atoms with van der Waals surface area (Å²) in [7, 11) is 0. The Bertz CT molecular complexity index is 578. The molecule has 1 aromatic carbocycles. The van der Waals surface area contributed by atoms with Gasteiger partial charge in [0.1, 0.15) is 18.3 Å². The molecule has 112 valence electrons. The molecule has 0 spiro atoms. The fourth-order valence-corrected chi connectivity index (χ4v) is 1.38. The van der Waals surface area contributed by atoms with Crippen molar-refractivity contribution in [1.29, 1.82) is 0 Å². The minimum absolute atomic E-state index is 0.00543. The molecule has 2 N–H and O–H groups in total. The number of rotatable bonds is 3. The second-order valence-corrected chi connectivity index (χ2v) is 5.10. The molecule has 0 atom stereocenters. The monoisotopic (exact) mass is 291 g/mol. The molecule has 0 unspecified atom stereocenters. The van der Waals surface area contributed by atoms with E-state index in [4.69, 9.17) is 14.6 Å². The Kier molecular flexibility index (Phi) is 5.61. The molecule has 0 aromatic heterocycles. The SMILES string of the molecule is CC(C)(C)OC(=O)NC#COCc1ccccc1C(=O)O. The summed E-state index contributed by atoms with van der Waals surface area (Å²) in [6.07, 6.45) is 1.59. The zero-order chi connectivity index (χ0) is 15.9. The van der Waals surface area contributed by atoms with E-state index in [1.54, 1.807) is 39.0 Å². The fourth-order valence-electron chi connectivity index (χ4n) is 1.38. The molecule has 1 rings (SSSR count). The normalized spacial score (nSPS) is 10.0. The predicted octanol–water partition coefficient (Wildman–Crippen LogP) is 2.34. The van der Waals surface area contributed by atoms with Crippen molar-refractivity contribution in [2.24, 2.45) is 0 Å². The molecule has 21 heavy (non-hydrogen) atoms. The number of amides is 1. The Morgan fingerprint density at radius 2 is 1.95 bits per heavy atom. The average Bonchev–Trinajstić information content (AvgIpc) is 2.36. The third-order valence-electron chi connectivity index (χ3n) is 2.16. The number of carboxylic acids is 1. The van der Waals surface area contributed by atoms with Gasteiger partial charge in [0.15, 0.2) is 0 Å². The number of benzene rings is 1. The van der Waals surface area contributed by atoms with Crippen LogP contribution in [0, 0.1) is 12.2 Å². The van der Waals surface area contributed by atoms with Crippen LogP contribution in [0.25, 0.3) is 0 Å². The van der Waals surface area contributed by atoms with Gasteiger partial charge in [-0.3, -0.25) is 0 Å². The van der Waals surface area contributed by atoms with Gasteiger partial charge < -0.3 is 14.6 Å². The molecule has 0 heterocycles. The molecular weight excluding hydrogens is 274 g/mol. The first kappa shape index (κ1) is 16.4. The van der Waals surface area contributed by atoms with Gasteiger partial charge in [-0.1, -0.05) is 18.2 Å². The highest BCUT2D eigenvalue weighted by Gasteiger charge is 2.15. The van der Waals surface area contributed by atoms with Crippen LogP contribution in [0.1, 0.15) is 36.7 Å². The Morgan fingerprint density at radius 3 is 2.57 bits per heavy atom.